The minimum absolute atomic E-state index is 0.790. The van der Waals surface area contributed by atoms with Crippen LogP contribution < -0.4 is 5.32 Å². The van der Waals surface area contributed by atoms with Crippen LogP contribution in [0, 0.1) is 6.92 Å². The molecule has 0 aliphatic carbocycles. The summed E-state index contributed by atoms with van der Waals surface area (Å²) in [4.78, 5) is 11.8. The fourth-order valence-corrected chi connectivity index (χ4v) is 1.43. The van der Waals surface area contributed by atoms with E-state index < -0.39 is 0 Å². The van der Waals surface area contributed by atoms with Gasteiger partial charge in [0.15, 0.2) is 0 Å². The maximum Gasteiger partial charge on any atom is 0.143 e. The van der Waals surface area contributed by atoms with Crippen molar-refractivity contribution < 1.29 is 0 Å². The second kappa shape index (κ2) is 3.65. The van der Waals surface area contributed by atoms with E-state index in [1.165, 1.54) is 0 Å². The van der Waals surface area contributed by atoms with Crippen molar-refractivity contribution in [3.05, 3.63) is 18.1 Å². The number of aryl methyl sites for hydroxylation is 1. The van der Waals surface area contributed by atoms with Crippen molar-refractivity contribution in [2.24, 2.45) is 0 Å². The van der Waals surface area contributed by atoms with Gasteiger partial charge in [0.1, 0.15) is 17.3 Å². The van der Waals surface area contributed by atoms with E-state index in [-0.39, 0.29) is 0 Å². The van der Waals surface area contributed by atoms with Crippen LogP contribution in [0.25, 0.3) is 11.0 Å². The molecular formula is C10H14N4. The molecule has 4 heteroatoms. The van der Waals surface area contributed by atoms with Crippen molar-refractivity contribution >= 4 is 16.9 Å². The normalized spacial score (nSPS) is 10.7. The molecule has 2 aromatic heterocycles. The average Bonchev–Trinajstić information content (AvgIpc) is 2.61. The van der Waals surface area contributed by atoms with Gasteiger partial charge in [0.05, 0.1) is 5.39 Å². The monoisotopic (exact) mass is 190 g/mol. The van der Waals surface area contributed by atoms with E-state index >= 15 is 0 Å². The van der Waals surface area contributed by atoms with Gasteiger partial charge in [-0.2, -0.15) is 0 Å². The molecule has 2 N–H and O–H groups in total. The molecule has 0 aliphatic heterocycles. The Bertz CT molecular complexity index is 433. The molecule has 2 aromatic rings. The largest absolute Gasteiger partial charge is 0.369 e. The topological polar surface area (TPSA) is 53.6 Å². The summed E-state index contributed by atoms with van der Waals surface area (Å²) >= 11 is 0. The Kier molecular flexibility index (Phi) is 2.35. The molecule has 14 heavy (non-hydrogen) atoms. The molecule has 2 rings (SSSR count). The van der Waals surface area contributed by atoms with Crippen LogP contribution >= 0.6 is 0 Å². The lowest BCUT2D eigenvalue weighted by Gasteiger charge is -2.05. The van der Waals surface area contributed by atoms with E-state index in [0.717, 1.165) is 35.6 Å². The van der Waals surface area contributed by atoms with E-state index in [1.54, 1.807) is 0 Å². The van der Waals surface area contributed by atoms with E-state index in [1.807, 2.05) is 19.2 Å². The number of fused-ring (bicyclic) bond motifs is 1. The average molecular weight is 190 g/mol. The molecule has 2 heterocycles. The minimum Gasteiger partial charge on any atom is -0.369 e. The highest BCUT2D eigenvalue weighted by Gasteiger charge is 2.04. The van der Waals surface area contributed by atoms with Crippen LogP contribution in [0.1, 0.15) is 19.2 Å². The third-order valence-corrected chi connectivity index (χ3v) is 2.07. The number of aromatic amines is 1. The lowest BCUT2D eigenvalue weighted by atomic mass is 10.3. The number of hydrogen-bond acceptors (Lipinski definition) is 3. The first-order valence-electron chi connectivity index (χ1n) is 4.87. The van der Waals surface area contributed by atoms with E-state index in [4.69, 9.17) is 0 Å². The first-order chi connectivity index (χ1) is 6.81. The van der Waals surface area contributed by atoms with Crippen molar-refractivity contribution in [2.45, 2.75) is 20.3 Å². The minimum atomic E-state index is 0.790. The molecule has 0 amide bonds. The summed E-state index contributed by atoms with van der Waals surface area (Å²) in [6.07, 6.45) is 2.98. The Morgan fingerprint density at radius 3 is 3.07 bits per heavy atom. The molecular weight excluding hydrogens is 176 g/mol. The van der Waals surface area contributed by atoms with E-state index in [0.29, 0.717) is 0 Å². The number of nitrogens with one attached hydrogen (secondary N) is 2. The summed E-state index contributed by atoms with van der Waals surface area (Å²) in [5, 5.41) is 4.35. The first-order valence-corrected chi connectivity index (χ1v) is 4.87. The standard InChI is InChI=1S/C10H14N4/c1-3-5-11-9-8-4-6-12-10(8)14-7(2)13-9/h4,6H,3,5H2,1-2H3,(H2,11,12,13,14). The summed E-state index contributed by atoms with van der Waals surface area (Å²) in [5.41, 5.74) is 0.899. The second-order valence-electron chi connectivity index (χ2n) is 3.29. The second-order valence-corrected chi connectivity index (χ2v) is 3.29. The lowest BCUT2D eigenvalue weighted by molar-refractivity contribution is 0.962. The van der Waals surface area contributed by atoms with Crippen molar-refractivity contribution in [1.82, 2.24) is 15.0 Å². The zero-order valence-corrected chi connectivity index (χ0v) is 8.46. The fourth-order valence-electron chi connectivity index (χ4n) is 1.43. The SMILES string of the molecule is CCCNc1nc(C)nc2[nH]ccc12. The smallest absolute Gasteiger partial charge is 0.143 e. The Morgan fingerprint density at radius 2 is 2.29 bits per heavy atom. The van der Waals surface area contributed by atoms with Crippen LogP contribution in [0.15, 0.2) is 12.3 Å². The van der Waals surface area contributed by atoms with Crippen LogP contribution in [0.2, 0.25) is 0 Å². The first kappa shape index (κ1) is 8.99. The number of nitrogens with zero attached hydrogens (tertiary/aromatic N) is 2. The molecule has 0 aliphatic rings. The summed E-state index contributed by atoms with van der Waals surface area (Å²) in [5.74, 6) is 1.72. The highest BCUT2D eigenvalue weighted by molar-refractivity contribution is 5.86. The molecule has 0 bridgehead atoms. The molecule has 0 atom stereocenters. The Balaban J connectivity index is 2.44. The lowest BCUT2D eigenvalue weighted by Crippen LogP contribution is -2.04. The number of rotatable bonds is 3. The van der Waals surface area contributed by atoms with Gasteiger partial charge in [-0.05, 0) is 19.4 Å². The third-order valence-electron chi connectivity index (χ3n) is 2.07. The molecule has 0 aromatic carbocycles. The molecule has 0 spiro atoms. The van der Waals surface area contributed by atoms with Crippen molar-refractivity contribution in [3.63, 3.8) is 0 Å². The number of aromatic nitrogens is 3. The quantitative estimate of drug-likeness (QED) is 0.779. The van der Waals surface area contributed by atoms with Gasteiger partial charge >= 0.3 is 0 Å². The highest BCUT2D eigenvalue weighted by Crippen LogP contribution is 2.18. The van der Waals surface area contributed by atoms with Gasteiger partial charge in [0, 0.05) is 12.7 Å². The Morgan fingerprint density at radius 1 is 1.43 bits per heavy atom. The van der Waals surface area contributed by atoms with E-state index in [9.17, 15) is 0 Å². The van der Waals surface area contributed by atoms with Gasteiger partial charge in [-0.1, -0.05) is 6.92 Å². The van der Waals surface area contributed by atoms with Crippen molar-refractivity contribution in [3.8, 4) is 0 Å². The number of H-pyrrole nitrogens is 1. The van der Waals surface area contributed by atoms with Gasteiger partial charge in [-0.15, -0.1) is 0 Å². The Hall–Kier alpha value is -1.58. The number of anilines is 1. The summed E-state index contributed by atoms with van der Waals surface area (Å²) < 4.78 is 0. The van der Waals surface area contributed by atoms with Gasteiger partial charge in [-0.25, -0.2) is 9.97 Å². The zero-order valence-electron chi connectivity index (χ0n) is 8.46. The maximum atomic E-state index is 4.37. The zero-order chi connectivity index (χ0) is 9.97. The van der Waals surface area contributed by atoms with Gasteiger partial charge in [0.2, 0.25) is 0 Å². The molecule has 0 fully saturated rings. The fraction of sp³-hybridized carbons (Fsp3) is 0.400. The molecule has 0 saturated heterocycles. The Labute approximate surface area is 82.8 Å². The van der Waals surface area contributed by atoms with Crippen molar-refractivity contribution in [2.75, 3.05) is 11.9 Å². The molecule has 0 saturated carbocycles. The maximum absolute atomic E-state index is 4.37. The third kappa shape index (κ3) is 1.55. The van der Waals surface area contributed by atoms with Crippen LogP contribution in [0.5, 0.6) is 0 Å². The summed E-state index contributed by atoms with van der Waals surface area (Å²) in [6, 6.07) is 1.99. The molecule has 74 valence electrons. The van der Waals surface area contributed by atoms with Crippen LogP contribution in [0.4, 0.5) is 5.82 Å². The van der Waals surface area contributed by atoms with E-state index in [2.05, 4.69) is 27.2 Å². The highest BCUT2D eigenvalue weighted by atomic mass is 15.0. The molecule has 0 unspecified atom stereocenters. The molecule has 0 radical (unpaired) electrons. The predicted octanol–water partition coefficient (Wildman–Crippen LogP) is 2.09. The van der Waals surface area contributed by atoms with Gasteiger partial charge in [0.25, 0.3) is 0 Å². The van der Waals surface area contributed by atoms with Crippen molar-refractivity contribution in [1.29, 1.82) is 0 Å². The predicted molar refractivity (Wildman–Crippen MR) is 57.4 cm³/mol. The summed E-state index contributed by atoms with van der Waals surface area (Å²) in [6.45, 7) is 4.98. The van der Waals surface area contributed by atoms with Crippen LogP contribution in [-0.2, 0) is 0 Å². The van der Waals surface area contributed by atoms with Gasteiger partial charge in [-0.3, -0.25) is 0 Å². The van der Waals surface area contributed by atoms with Gasteiger partial charge < -0.3 is 10.3 Å². The number of hydrogen-bond donors (Lipinski definition) is 2. The van der Waals surface area contributed by atoms with Crippen LogP contribution in [-0.4, -0.2) is 21.5 Å². The summed E-state index contributed by atoms with van der Waals surface area (Å²) in [7, 11) is 0. The molecule has 4 nitrogen and oxygen atoms in total. The van der Waals surface area contributed by atoms with Crippen LogP contribution in [0.3, 0.4) is 0 Å².